The molecule has 0 unspecified atom stereocenters. The van der Waals surface area contributed by atoms with Crippen molar-refractivity contribution >= 4 is 17.3 Å². The van der Waals surface area contributed by atoms with E-state index in [0.29, 0.717) is 6.07 Å². The summed E-state index contributed by atoms with van der Waals surface area (Å²) in [5.74, 6) is 0. The molecular formula is C8H6ClF3N2O2. The van der Waals surface area contributed by atoms with Gasteiger partial charge in [0, 0.05) is 17.6 Å². The molecule has 0 amide bonds. The fourth-order valence-electron chi connectivity index (χ4n) is 1.14. The number of benzene rings is 1. The summed E-state index contributed by atoms with van der Waals surface area (Å²) in [5.41, 5.74) is 2.87. The zero-order chi connectivity index (χ0) is 12.5. The van der Waals surface area contributed by atoms with E-state index < -0.39 is 22.4 Å². The highest BCUT2D eigenvalue weighted by molar-refractivity contribution is 6.31. The minimum absolute atomic E-state index is 0.0985. The summed E-state index contributed by atoms with van der Waals surface area (Å²) in [6, 6.07) is 1.26. The first-order valence-electron chi connectivity index (χ1n) is 4.01. The van der Waals surface area contributed by atoms with Crippen molar-refractivity contribution in [2.45, 2.75) is 12.7 Å². The third kappa shape index (κ3) is 2.42. The highest BCUT2D eigenvalue weighted by atomic mass is 35.5. The zero-order valence-electron chi connectivity index (χ0n) is 7.71. The first-order valence-corrected chi connectivity index (χ1v) is 4.39. The van der Waals surface area contributed by atoms with Crippen molar-refractivity contribution in [1.82, 2.24) is 0 Å². The van der Waals surface area contributed by atoms with Crippen LogP contribution in [0.15, 0.2) is 12.1 Å². The van der Waals surface area contributed by atoms with Gasteiger partial charge < -0.3 is 5.73 Å². The summed E-state index contributed by atoms with van der Waals surface area (Å²) in [4.78, 5) is 9.36. The Morgan fingerprint density at radius 1 is 1.44 bits per heavy atom. The number of nitrogens with zero attached hydrogens (tertiary/aromatic N) is 1. The predicted octanol–water partition coefficient (Wildman–Crippen LogP) is 2.73. The van der Waals surface area contributed by atoms with E-state index in [1.165, 1.54) is 0 Å². The molecule has 1 rings (SSSR count). The number of alkyl halides is 3. The second kappa shape index (κ2) is 4.26. The molecule has 0 fully saturated rings. The second-order valence-corrected chi connectivity index (χ2v) is 3.33. The summed E-state index contributed by atoms with van der Waals surface area (Å²) < 4.78 is 37.3. The lowest BCUT2D eigenvalue weighted by Crippen LogP contribution is -2.10. The van der Waals surface area contributed by atoms with Crippen LogP contribution < -0.4 is 5.73 Å². The number of nitrogens with two attached hydrogens (primary N) is 1. The molecule has 0 atom stereocenters. The van der Waals surface area contributed by atoms with Crippen LogP contribution in [0.2, 0.25) is 5.02 Å². The Balaban J connectivity index is 3.49. The molecule has 0 saturated carbocycles. The van der Waals surface area contributed by atoms with Gasteiger partial charge in [-0.1, -0.05) is 11.6 Å². The van der Waals surface area contributed by atoms with Crippen molar-refractivity contribution in [1.29, 1.82) is 0 Å². The van der Waals surface area contributed by atoms with Crippen molar-refractivity contribution in [3.05, 3.63) is 38.4 Å². The first kappa shape index (κ1) is 12.7. The van der Waals surface area contributed by atoms with Crippen LogP contribution in [-0.4, -0.2) is 4.92 Å². The Bertz CT molecular complexity index is 434. The monoisotopic (exact) mass is 254 g/mol. The Morgan fingerprint density at radius 3 is 2.38 bits per heavy atom. The number of hydrogen-bond donors (Lipinski definition) is 1. The number of rotatable bonds is 2. The molecule has 88 valence electrons. The first-order chi connectivity index (χ1) is 7.27. The summed E-state index contributed by atoms with van der Waals surface area (Å²) in [7, 11) is 0. The topological polar surface area (TPSA) is 69.2 Å². The van der Waals surface area contributed by atoms with Crippen molar-refractivity contribution < 1.29 is 18.1 Å². The quantitative estimate of drug-likeness (QED) is 0.652. The normalized spacial score (nSPS) is 11.6. The van der Waals surface area contributed by atoms with Gasteiger partial charge in [-0.15, -0.1) is 0 Å². The molecule has 8 heteroatoms. The van der Waals surface area contributed by atoms with Gasteiger partial charge in [0.25, 0.3) is 5.69 Å². The average molecular weight is 255 g/mol. The molecule has 1 aromatic carbocycles. The van der Waals surface area contributed by atoms with E-state index in [-0.39, 0.29) is 17.1 Å². The van der Waals surface area contributed by atoms with Crippen molar-refractivity contribution in [2.24, 2.45) is 5.73 Å². The number of nitro benzene ring substituents is 1. The lowest BCUT2D eigenvalue weighted by Gasteiger charge is -2.09. The van der Waals surface area contributed by atoms with Gasteiger partial charge in [-0.2, -0.15) is 13.2 Å². The van der Waals surface area contributed by atoms with Crippen molar-refractivity contribution in [3.8, 4) is 0 Å². The molecule has 0 saturated heterocycles. The Labute approximate surface area is 93.0 Å². The van der Waals surface area contributed by atoms with Crippen LogP contribution in [0.1, 0.15) is 11.1 Å². The maximum atomic E-state index is 12.4. The zero-order valence-corrected chi connectivity index (χ0v) is 8.47. The van der Waals surface area contributed by atoms with Gasteiger partial charge >= 0.3 is 6.18 Å². The van der Waals surface area contributed by atoms with Crippen LogP contribution in [0, 0.1) is 10.1 Å². The highest BCUT2D eigenvalue weighted by Gasteiger charge is 2.38. The third-order valence-corrected chi connectivity index (χ3v) is 2.24. The van der Waals surface area contributed by atoms with Crippen LogP contribution in [0.4, 0.5) is 18.9 Å². The maximum Gasteiger partial charge on any atom is 0.423 e. The van der Waals surface area contributed by atoms with Gasteiger partial charge in [-0.3, -0.25) is 10.1 Å². The van der Waals surface area contributed by atoms with Gasteiger partial charge in [0.1, 0.15) is 5.56 Å². The van der Waals surface area contributed by atoms with E-state index in [4.69, 9.17) is 17.3 Å². The van der Waals surface area contributed by atoms with E-state index in [9.17, 15) is 23.3 Å². The molecule has 0 spiro atoms. The molecule has 0 radical (unpaired) electrons. The minimum atomic E-state index is -4.82. The molecule has 0 aliphatic heterocycles. The summed E-state index contributed by atoms with van der Waals surface area (Å²) in [5, 5.41) is 10.2. The molecule has 2 N–H and O–H groups in total. The molecular weight excluding hydrogens is 249 g/mol. The largest absolute Gasteiger partial charge is 0.423 e. The average Bonchev–Trinajstić information content (AvgIpc) is 2.15. The van der Waals surface area contributed by atoms with E-state index in [0.717, 1.165) is 6.07 Å². The molecule has 4 nitrogen and oxygen atoms in total. The maximum absolute atomic E-state index is 12.4. The van der Waals surface area contributed by atoms with Crippen LogP contribution >= 0.6 is 11.6 Å². The SMILES string of the molecule is NCc1cc([N+](=O)[O-])c(C(F)(F)F)cc1Cl. The van der Waals surface area contributed by atoms with Crippen molar-refractivity contribution in [3.63, 3.8) is 0 Å². The van der Waals surface area contributed by atoms with E-state index in [1.54, 1.807) is 0 Å². The van der Waals surface area contributed by atoms with Gasteiger partial charge in [0.15, 0.2) is 0 Å². The van der Waals surface area contributed by atoms with Crippen molar-refractivity contribution in [2.75, 3.05) is 0 Å². The Kier molecular flexibility index (Phi) is 3.39. The molecule has 0 heterocycles. The van der Waals surface area contributed by atoms with E-state index in [2.05, 4.69) is 0 Å². The summed E-state index contributed by atoms with van der Waals surface area (Å²) >= 11 is 5.51. The second-order valence-electron chi connectivity index (χ2n) is 2.92. The number of hydrogen-bond acceptors (Lipinski definition) is 3. The smallest absolute Gasteiger partial charge is 0.326 e. The van der Waals surface area contributed by atoms with Crippen LogP contribution in [-0.2, 0) is 12.7 Å². The molecule has 16 heavy (non-hydrogen) atoms. The molecule has 0 aliphatic rings. The summed E-state index contributed by atoms with van der Waals surface area (Å²) in [6.45, 7) is -0.169. The summed E-state index contributed by atoms with van der Waals surface area (Å²) in [6.07, 6.45) is -4.82. The molecule has 0 aromatic heterocycles. The number of nitro groups is 1. The van der Waals surface area contributed by atoms with E-state index >= 15 is 0 Å². The number of halogens is 4. The van der Waals surface area contributed by atoms with E-state index in [1.807, 2.05) is 0 Å². The minimum Gasteiger partial charge on any atom is -0.326 e. The van der Waals surface area contributed by atoms with Crippen LogP contribution in [0.3, 0.4) is 0 Å². The lowest BCUT2D eigenvalue weighted by molar-refractivity contribution is -0.388. The molecule has 1 aromatic rings. The fraction of sp³-hybridized carbons (Fsp3) is 0.250. The van der Waals surface area contributed by atoms with Gasteiger partial charge in [0.05, 0.1) is 4.92 Å². The molecule has 0 bridgehead atoms. The predicted molar refractivity (Wildman–Crippen MR) is 51.0 cm³/mol. The standard InChI is InChI=1S/C8H6ClF3N2O2/c9-6-2-5(8(10,11)12)7(14(15)16)1-4(6)3-13/h1-2H,3,13H2. The van der Waals surface area contributed by atoms with Gasteiger partial charge in [-0.25, -0.2) is 0 Å². The van der Waals surface area contributed by atoms with Gasteiger partial charge in [-0.05, 0) is 11.6 Å². The highest BCUT2D eigenvalue weighted by Crippen LogP contribution is 2.38. The fourth-order valence-corrected chi connectivity index (χ4v) is 1.38. The Hall–Kier alpha value is -1.34. The Morgan fingerprint density at radius 2 is 2.00 bits per heavy atom. The van der Waals surface area contributed by atoms with Crippen LogP contribution in [0.5, 0.6) is 0 Å². The molecule has 0 aliphatic carbocycles. The third-order valence-electron chi connectivity index (χ3n) is 1.89. The van der Waals surface area contributed by atoms with Crippen LogP contribution in [0.25, 0.3) is 0 Å². The lowest BCUT2D eigenvalue weighted by atomic mass is 10.1. The van der Waals surface area contributed by atoms with Gasteiger partial charge in [0.2, 0.25) is 0 Å².